The molecule has 168 valence electrons. The number of carbonyl (C=O) groups is 1. The zero-order valence-electron chi connectivity index (χ0n) is 21.4. The van der Waals surface area contributed by atoms with Crippen molar-refractivity contribution >= 4 is 21.7 Å². The van der Waals surface area contributed by atoms with Crippen LogP contribution >= 0.6 is 15.9 Å². The smallest absolute Gasteiger partial charge is 0.136 e. The van der Waals surface area contributed by atoms with Gasteiger partial charge in [0.2, 0.25) is 0 Å². The maximum atomic E-state index is 13.1. The predicted octanol–water partition coefficient (Wildman–Crippen LogP) is 8.92. The summed E-state index contributed by atoms with van der Waals surface area (Å²) in [6, 6.07) is 0. The third-order valence-electron chi connectivity index (χ3n) is 5.88. The predicted molar refractivity (Wildman–Crippen MR) is 133 cm³/mol. The first-order valence-corrected chi connectivity index (χ1v) is 12.5. The molecule has 0 bridgehead atoms. The number of allylic oxidation sites excluding steroid dienone is 4. The van der Waals surface area contributed by atoms with Gasteiger partial charge in [0, 0.05) is 24.1 Å². The van der Waals surface area contributed by atoms with E-state index in [0.717, 1.165) is 18.2 Å². The molecule has 1 aliphatic carbocycles. The summed E-state index contributed by atoms with van der Waals surface area (Å²) in [7, 11) is 0. The van der Waals surface area contributed by atoms with Crippen molar-refractivity contribution in [1.29, 1.82) is 0 Å². The highest BCUT2D eigenvalue weighted by atomic mass is 79.9. The second-order valence-corrected chi connectivity index (χ2v) is 13.9. The number of ketones is 1. The minimum atomic E-state index is 0.0184. The lowest BCUT2D eigenvalue weighted by molar-refractivity contribution is -0.118. The van der Waals surface area contributed by atoms with E-state index in [1.807, 2.05) is 0 Å². The van der Waals surface area contributed by atoms with E-state index in [2.05, 4.69) is 99.0 Å². The lowest BCUT2D eigenvalue weighted by atomic mass is 9.65. The third-order valence-corrected chi connectivity index (χ3v) is 6.44. The first-order chi connectivity index (χ1) is 12.8. The normalized spacial score (nSPS) is 19.4. The first-order valence-electron chi connectivity index (χ1n) is 11.4. The van der Waals surface area contributed by atoms with Crippen LogP contribution in [0.1, 0.15) is 109 Å². The minimum Gasteiger partial charge on any atom is -0.299 e. The van der Waals surface area contributed by atoms with E-state index in [1.165, 1.54) is 16.7 Å². The van der Waals surface area contributed by atoms with Crippen LogP contribution in [0.2, 0.25) is 0 Å². The van der Waals surface area contributed by atoms with Crippen LogP contribution in [0.3, 0.4) is 0 Å². The number of halogens is 1. The van der Waals surface area contributed by atoms with Gasteiger partial charge in [-0.2, -0.15) is 0 Å². The fourth-order valence-corrected chi connectivity index (χ4v) is 5.46. The summed E-state index contributed by atoms with van der Waals surface area (Å²) >= 11 is 3.49. The summed E-state index contributed by atoms with van der Waals surface area (Å²) in [4.78, 5) is 13.1. The van der Waals surface area contributed by atoms with E-state index in [0.29, 0.717) is 24.5 Å². The third kappa shape index (κ3) is 6.55. The highest BCUT2D eigenvalue weighted by Gasteiger charge is 2.48. The monoisotopic (exact) mass is 466 g/mol. The van der Waals surface area contributed by atoms with Crippen molar-refractivity contribution in [2.24, 2.45) is 27.6 Å². The number of rotatable bonds is 6. The van der Waals surface area contributed by atoms with E-state index in [-0.39, 0.29) is 21.7 Å². The summed E-state index contributed by atoms with van der Waals surface area (Å²) in [6.07, 6.45) is 3.35. The highest BCUT2D eigenvalue weighted by molar-refractivity contribution is 9.09. The van der Waals surface area contributed by atoms with Crippen LogP contribution in [0.5, 0.6) is 0 Å². The van der Waals surface area contributed by atoms with Gasteiger partial charge in [0.05, 0.1) is 0 Å². The van der Waals surface area contributed by atoms with E-state index < -0.39 is 0 Å². The Hall–Kier alpha value is -0.370. The highest BCUT2D eigenvalue weighted by Crippen LogP contribution is 2.60. The van der Waals surface area contributed by atoms with Gasteiger partial charge in [-0.1, -0.05) is 110 Å². The molecule has 1 rings (SSSR count). The average molecular weight is 468 g/mol. The van der Waals surface area contributed by atoms with Gasteiger partial charge in [-0.3, -0.25) is 4.79 Å². The van der Waals surface area contributed by atoms with Crippen molar-refractivity contribution in [3.05, 3.63) is 22.3 Å². The van der Waals surface area contributed by atoms with E-state index >= 15 is 0 Å². The Balaban J connectivity index is 3.76. The molecule has 1 aliphatic rings. The molecular weight excluding hydrogens is 420 g/mol. The van der Waals surface area contributed by atoms with E-state index in [9.17, 15) is 4.79 Å². The van der Waals surface area contributed by atoms with Crippen molar-refractivity contribution in [1.82, 2.24) is 0 Å². The largest absolute Gasteiger partial charge is 0.299 e. The average Bonchev–Trinajstić information content (AvgIpc) is 2.82. The Labute approximate surface area is 190 Å². The molecule has 29 heavy (non-hydrogen) atoms. The standard InChI is InChI=1S/C27H47BrO/c1-24(2,3)20-19(17-18(29)15-13-14-16-28)21(25(4,5)6)23(27(10,11)12)22(20)26(7,8)9/h20H,13-17H2,1-12H3. The van der Waals surface area contributed by atoms with Crippen molar-refractivity contribution < 1.29 is 4.79 Å². The SMILES string of the molecule is CC(C)(C)C1=C(CC(=O)CCCCBr)C(C(C)(C)C)C(C(C)(C)C)=C1C(C)(C)C. The van der Waals surface area contributed by atoms with Crippen molar-refractivity contribution in [2.45, 2.75) is 109 Å². The van der Waals surface area contributed by atoms with Crippen molar-refractivity contribution in [3.63, 3.8) is 0 Å². The van der Waals surface area contributed by atoms with Gasteiger partial charge in [0.15, 0.2) is 0 Å². The van der Waals surface area contributed by atoms with Crippen LogP contribution in [0.25, 0.3) is 0 Å². The molecule has 0 saturated carbocycles. The van der Waals surface area contributed by atoms with Gasteiger partial charge in [-0.05, 0) is 45.6 Å². The van der Waals surface area contributed by atoms with Gasteiger partial charge in [-0.25, -0.2) is 0 Å². The molecule has 0 heterocycles. The quantitative estimate of drug-likeness (QED) is 0.281. The molecule has 0 radical (unpaired) electrons. The molecule has 0 amide bonds. The Morgan fingerprint density at radius 2 is 1.24 bits per heavy atom. The number of hydrogen-bond acceptors (Lipinski definition) is 1. The van der Waals surface area contributed by atoms with Gasteiger partial charge in [0.25, 0.3) is 0 Å². The van der Waals surface area contributed by atoms with E-state index in [1.54, 1.807) is 5.57 Å². The molecule has 0 N–H and O–H groups in total. The zero-order chi connectivity index (χ0) is 23.0. The number of carbonyl (C=O) groups excluding carboxylic acids is 1. The molecule has 0 saturated heterocycles. The summed E-state index contributed by atoms with van der Waals surface area (Å²) in [5, 5.41) is 0.977. The summed E-state index contributed by atoms with van der Waals surface area (Å²) in [6.45, 7) is 28.1. The number of Topliss-reactive ketones (excluding diaryl/α,β-unsaturated/α-hetero) is 1. The molecule has 0 fully saturated rings. The number of alkyl halides is 1. The van der Waals surface area contributed by atoms with Crippen molar-refractivity contribution in [3.8, 4) is 0 Å². The summed E-state index contributed by atoms with van der Waals surface area (Å²) < 4.78 is 0. The van der Waals surface area contributed by atoms with Crippen LogP contribution in [-0.2, 0) is 4.79 Å². The number of unbranched alkanes of at least 4 members (excludes halogenated alkanes) is 1. The first kappa shape index (κ1) is 26.7. The van der Waals surface area contributed by atoms with Crippen LogP contribution in [0.4, 0.5) is 0 Å². The maximum absolute atomic E-state index is 13.1. The fourth-order valence-electron chi connectivity index (χ4n) is 5.07. The summed E-state index contributed by atoms with van der Waals surface area (Å²) in [5.41, 5.74) is 6.16. The van der Waals surface area contributed by atoms with Gasteiger partial charge >= 0.3 is 0 Å². The molecular formula is C27H47BrO. The van der Waals surface area contributed by atoms with Crippen LogP contribution in [0, 0.1) is 27.6 Å². The van der Waals surface area contributed by atoms with E-state index in [4.69, 9.17) is 0 Å². The zero-order valence-corrected chi connectivity index (χ0v) is 23.0. The Bertz CT molecular complexity index is 663. The van der Waals surface area contributed by atoms with Gasteiger partial charge in [0.1, 0.15) is 5.78 Å². The summed E-state index contributed by atoms with van der Waals surface area (Å²) in [5.74, 6) is 0.728. The van der Waals surface area contributed by atoms with Crippen LogP contribution < -0.4 is 0 Å². The van der Waals surface area contributed by atoms with Crippen LogP contribution in [-0.4, -0.2) is 11.1 Å². The van der Waals surface area contributed by atoms with Crippen molar-refractivity contribution in [2.75, 3.05) is 5.33 Å². The second-order valence-electron chi connectivity index (χ2n) is 13.1. The molecule has 0 spiro atoms. The Morgan fingerprint density at radius 3 is 1.59 bits per heavy atom. The lowest BCUT2D eigenvalue weighted by Crippen LogP contribution is -2.30. The minimum absolute atomic E-state index is 0.0184. The molecule has 0 aromatic heterocycles. The molecule has 1 nitrogen and oxygen atoms in total. The second kappa shape index (κ2) is 9.01. The topological polar surface area (TPSA) is 17.1 Å². The molecule has 1 unspecified atom stereocenters. The molecule has 1 atom stereocenters. The molecule has 0 aliphatic heterocycles. The Morgan fingerprint density at radius 1 is 0.759 bits per heavy atom. The van der Waals surface area contributed by atoms with Gasteiger partial charge in [-0.15, -0.1) is 0 Å². The fraction of sp³-hybridized carbons (Fsp3) is 0.815. The lowest BCUT2D eigenvalue weighted by Gasteiger charge is -2.40. The molecule has 0 aromatic carbocycles. The van der Waals surface area contributed by atoms with Gasteiger partial charge < -0.3 is 0 Å². The molecule has 0 aromatic rings. The molecule has 2 heteroatoms. The maximum Gasteiger partial charge on any atom is 0.136 e. The number of hydrogen-bond donors (Lipinski definition) is 0. The van der Waals surface area contributed by atoms with Crippen LogP contribution in [0.15, 0.2) is 22.3 Å². The Kier molecular flexibility index (Phi) is 8.29.